The van der Waals surface area contributed by atoms with E-state index in [-0.39, 0.29) is 12.4 Å². The smallest absolute Gasteiger partial charge is 0.307 e. The second-order valence-electron chi connectivity index (χ2n) is 7.19. The molecule has 1 aromatic heterocycles. The zero-order valence-electron chi connectivity index (χ0n) is 18.2. The number of hydrogen-bond donors (Lipinski definition) is 1. The average Bonchev–Trinajstić information content (AvgIpc) is 3.27. The van der Waals surface area contributed by atoms with Crippen LogP contribution in [0.15, 0.2) is 76.2 Å². The van der Waals surface area contributed by atoms with Crippen LogP contribution < -0.4 is 14.9 Å². The molecule has 34 heavy (non-hydrogen) atoms. The van der Waals surface area contributed by atoms with Gasteiger partial charge in [0.2, 0.25) is 0 Å². The third-order valence-electron chi connectivity index (χ3n) is 4.87. The first kappa shape index (κ1) is 22.9. The summed E-state index contributed by atoms with van der Waals surface area (Å²) in [6, 6.07) is 21.4. The molecule has 8 heteroatoms. The Kier molecular flexibility index (Phi) is 7.11. The molecule has 7 nitrogen and oxygen atoms in total. The van der Waals surface area contributed by atoms with Crippen molar-refractivity contribution < 1.29 is 18.7 Å². The Labute approximate surface area is 201 Å². The molecule has 1 heterocycles. The van der Waals surface area contributed by atoms with E-state index in [9.17, 15) is 10.1 Å². The molecule has 170 valence electrons. The summed E-state index contributed by atoms with van der Waals surface area (Å²) in [4.78, 5) is 12.4. The minimum atomic E-state index is -0.482. The van der Waals surface area contributed by atoms with E-state index in [0.29, 0.717) is 39.8 Å². The molecule has 0 aliphatic heterocycles. The Morgan fingerprint density at radius 3 is 2.79 bits per heavy atom. The molecule has 1 amide bonds. The van der Waals surface area contributed by atoms with Gasteiger partial charge in [-0.1, -0.05) is 29.8 Å². The molecule has 0 unspecified atom stereocenters. The van der Waals surface area contributed by atoms with E-state index in [2.05, 4.69) is 16.6 Å². The van der Waals surface area contributed by atoms with Crippen LogP contribution in [0.4, 0.5) is 0 Å². The highest BCUT2D eigenvalue weighted by Crippen LogP contribution is 2.29. The number of hydrazone groups is 1. The SMILES string of the molecule is CCOc1cc(/C=N/NC(=O)c2cc3cc(Cl)ccc3o2)ccc1OCc1ccccc1C#N. The molecule has 0 saturated carbocycles. The highest BCUT2D eigenvalue weighted by atomic mass is 35.5. The Hall–Kier alpha value is -4.28. The number of hydrogen-bond acceptors (Lipinski definition) is 6. The number of ether oxygens (including phenoxy) is 2. The van der Waals surface area contributed by atoms with Crippen LogP contribution in [0.25, 0.3) is 11.0 Å². The summed E-state index contributed by atoms with van der Waals surface area (Å²) in [5.41, 5.74) is 5.06. The van der Waals surface area contributed by atoms with E-state index in [0.717, 1.165) is 10.9 Å². The second-order valence-corrected chi connectivity index (χ2v) is 7.63. The molecule has 0 aliphatic rings. The van der Waals surface area contributed by atoms with E-state index < -0.39 is 5.91 Å². The maximum absolute atomic E-state index is 12.4. The van der Waals surface area contributed by atoms with E-state index >= 15 is 0 Å². The molecule has 0 radical (unpaired) electrons. The van der Waals surface area contributed by atoms with Gasteiger partial charge in [-0.25, -0.2) is 5.43 Å². The average molecular weight is 474 g/mol. The van der Waals surface area contributed by atoms with Gasteiger partial charge in [0, 0.05) is 16.0 Å². The van der Waals surface area contributed by atoms with Crippen LogP contribution >= 0.6 is 11.6 Å². The fourth-order valence-electron chi connectivity index (χ4n) is 3.25. The summed E-state index contributed by atoms with van der Waals surface area (Å²) in [7, 11) is 0. The normalized spacial score (nSPS) is 10.9. The van der Waals surface area contributed by atoms with Gasteiger partial charge in [0.1, 0.15) is 12.2 Å². The van der Waals surface area contributed by atoms with Crippen LogP contribution in [0.2, 0.25) is 5.02 Å². The monoisotopic (exact) mass is 473 g/mol. The van der Waals surface area contributed by atoms with E-state index in [1.54, 1.807) is 48.5 Å². The Morgan fingerprint density at radius 2 is 1.97 bits per heavy atom. The molecule has 4 rings (SSSR count). The lowest BCUT2D eigenvalue weighted by Crippen LogP contribution is -2.16. The van der Waals surface area contributed by atoms with Gasteiger partial charge >= 0.3 is 5.91 Å². The number of carbonyl (C=O) groups is 1. The highest BCUT2D eigenvalue weighted by molar-refractivity contribution is 6.31. The summed E-state index contributed by atoms with van der Waals surface area (Å²) in [6.45, 7) is 2.55. The van der Waals surface area contributed by atoms with E-state index in [1.807, 2.05) is 25.1 Å². The Balaban J connectivity index is 1.43. The first-order chi connectivity index (χ1) is 16.6. The predicted octanol–water partition coefficient (Wildman–Crippen LogP) is 5.70. The van der Waals surface area contributed by atoms with Gasteiger partial charge < -0.3 is 13.9 Å². The molecular weight excluding hydrogens is 454 g/mol. The maximum Gasteiger partial charge on any atom is 0.307 e. The first-order valence-corrected chi connectivity index (χ1v) is 10.9. The van der Waals surface area contributed by atoms with Crippen LogP contribution in [0.3, 0.4) is 0 Å². The number of carbonyl (C=O) groups excluding carboxylic acids is 1. The van der Waals surface area contributed by atoms with Crippen molar-refractivity contribution in [2.24, 2.45) is 5.10 Å². The van der Waals surface area contributed by atoms with E-state index in [4.69, 9.17) is 25.5 Å². The lowest BCUT2D eigenvalue weighted by atomic mass is 10.1. The standard InChI is InChI=1S/C26H20ClN3O4/c1-2-32-24-11-17(7-9-23(24)33-16-19-6-4-3-5-18(19)14-28)15-29-30-26(31)25-13-20-12-21(27)8-10-22(20)34-25/h3-13,15H,2,16H2,1H3,(H,30,31)/b29-15+. The number of furan rings is 1. The molecule has 0 atom stereocenters. The van der Waals surface area contributed by atoms with Crippen molar-refractivity contribution in [3.8, 4) is 17.6 Å². The number of rotatable bonds is 8. The molecule has 0 spiro atoms. The number of nitrogens with zero attached hydrogens (tertiary/aromatic N) is 2. The lowest BCUT2D eigenvalue weighted by Gasteiger charge is -2.13. The summed E-state index contributed by atoms with van der Waals surface area (Å²) in [5.74, 6) is 0.716. The van der Waals surface area contributed by atoms with Crippen molar-refractivity contribution in [3.63, 3.8) is 0 Å². The van der Waals surface area contributed by atoms with Crippen molar-refractivity contribution in [1.29, 1.82) is 5.26 Å². The number of benzene rings is 3. The molecule has 0 bridgehead atoms. The molecule has 1 N–H and O–H groups in total. The third-order valence-corrected chi connectivity index (χ3v) is 5.11. The second kappa shape index (κ2) is 10.6. The minimum Gasteiger partial charge on any atom is -0.490 e. The third kappa shape index (κ3) is 5.37. The lowest BCUT2D eigenvalue weighted by molar-refractivity contribution is 0.0929. The summed E-state index contributed by atoms with van der Waals surface area (Å²) < 4.78 is 17.1. The predicted molar refractivity (Wildman–Crippen MR) is 129 cm³/mol. The van der Waals surface area contributed by atoms with Crippen LogP contribution in [0, 0.1) is 11.3 Å². The number of halogens is 1. The van der Waals surface area contributed by atoms with Gasteiger partial charge in [0.15, 0.2) is 17.3 Å². The zero-order valence-corrected chi connectivity index (χ0v) is 19.0. The van der Waals surface area contributed by atoms with Crippen molar-refractivity contribution >= 4 is 34.7 Å². The van der Waals surface area contributed by atoms with E-state index in [1.165, 1.54) is 6.21 Å². The van der Waals surface area contributed by atoms with Crippen LogP contribution in [0.1, 0.15) is 34.2 Å². The van der Waals surface area contributed by atoms with Crippen LogP contribution in [0.5, 0.6) is 11.5 Å². The molecule has 0 saturated heterocycles. The fraction of sp³-hybridized carbons (Fsp3) is 0.115. The Bertz CT molecular complexity index is 1400. The number of fused-ring (bicyclic) bond motifs is 1. The van der Waals surface area contributed by atoms with Gasteiger partial charge in [0.05, 0.1) is 24.5 Å². The number of amides is 1. The van der Waals surface area contributed by atoms with Crippen LogP contribution in [-0.4, -0.2) is 18.7 Å². The molecule has 0 fully saturated rings. The van der Waals surface area contributed by atoms with Gasteiger partial charge in [-0.2, -0.15) is 10.4 Å². The zero-order chi connectivity index (χ0) is 23.9. The van der Waals surface area contributed by atoms with Crippen molar-refractivity contribution in [2.45, 2.75) is 13.5 Å². The molecular formula is C26H20ClN3O4. The quantitative estimate of drug-likeness (QED) is 0.261. The first-order valence-electron chi connectivity index (χ1n) is 10.5. The summed E-state index contributed by atoms with van der Waals surface area (Å²) >= 11 is 5.97. The van der Waals surface area contributed by atoms with Crippen LogP contribution in [-0.2, 0) is 6.61 Å². The van der Waals surface area contributed by atoms with Crippen molar-refractivity contribution in [2.75, 3.05) is 6.61 Å². The summed E-state index contributed by atoms with van der Waals surface area (Å²) in [5, 5.41) is 14.5. The van der Waals surface area contributed by atoms with Gasteiger partial charge in [-0.15, -0.1) is 0 Å². The minimum absolute atomic E-state index is 0.130. The van der Waals surface area contributed by atoms with Crippen molar-refractivity contribution in [1.82, 2.24) is 5.43 Å². The molecule has 0 aliphatic carbocycles. The number of nitrogens with one attached hydrogen (secondary N) is 1. The van der Waals surface area contributed by atoms with Gasteiger partial charge in [-0.3, -0.25) is 4.79 Å². The number of nitriles is 1. The molecule has 4 aromatic rings. The van der Waals surface area contributed by atoms with Gasteiger partial charge in [0.25, 0.3) is 0 Å². The topological polar surface area (TPSA) is 96.8 Å². The molecule has 3 aromatic carbocycles. The largest absolute Gasteiger partial charge is 0.490 e. The fourth-order valence-corrected chi connectivity index (χ4v) is 3.43. The highest BCUT2D eigenvalue weighted by Gasteiger charge is 2.12. The van der Waals surface area contributed by atoms with Crippen molar-refractivity contribution in [3.05, 3.63) is 94.2 Å². The van der Waals surface area contributed by atoms with Gasteiger partial charge in [-0.05, 0) is 61.0 Å². The maximum atomic E-state index is 12.4. The summed E-state index contributed by atoms with van der Waals surface area (Å²) in [6.07, 6.45) is 1.49. The Morgan fingerprint density at radius 1 is 1.12 bits per heavy atom.